The molecule has 0 radical (unpaired) electrons. The summed E-state index contributed by atoms with van der Waals surface area (Å²) in [5.41, 5.74) is 1.71. The van der Waals surface area contributed by atoms with Crippen molar-refractivity contribution in [2.75, 3.05) is 25.0 Å². The monoisotopic (exact) mass is 425 g/mol. The normalized spacial score (nSPS) is 19.1. The minimum atomic E-state index is -3.57. The van der Waals surface area contributed by atoms with E-state index in [1.54, 1.807) is 6.20 Å². The smallest absolute Gasteiger partial charge is 0.244 e. The van der Waals surface area contributed by atoms with Crippen molar-refractivity contribution in [3.63, 3.8) is 0 Å². The maximum Gasteiger partial charge on any atom is 0.244 e. The standard InChI is InChI=1S/C22H27N5O2S/c1-26(18-7-10-22(11-8-18)14-23-15-22)20-19-9-12-27(21(19)25-16-24-20)30(28,29)13-17-5-3-2-4-6-17/h2-6,9,12,16,18,23H,7-8,10-11,13-15H2,1H3. The first-order chi connectivity index (χ1) is 14.5. The molecule has 2 aliphatic rings. The van der Waals surface area contributed by atoms with Gasteiger partial charge in [-0.15, -0.1) is 0 Å². The highest BCUT2D eigenvalue weighted by Crippen LogP contribution is 2.41. The number of anilines is 1. The number of rotatable bonds is 5. The van der Waals surface area contributed by atoms with Crippen LogP contribution in [0.3, 0.4) is 0 Å². The highest BCUT2D eigenvalue weighted by atomic mass is 32.2. The van der Waals surface area contributed by atoms with Crippen molar-refractivity contribution in [2.24, 2.45) is 5.41 Å². The van der Waals surface area contributed by atoms with E-state index < -0.39 is 10.0 Å². The Labute approximate surface area is 177 Å². The van der Waals surface area contributed by atoms with Gasteiger partial charge in [-0.1, -0.05) is 30.3 Å². The maximum absolute atomic E-state index is 13.1. The van der Waals surface area contributed by atoms with E-state index in [9.17, 15) is 8.42 Å². The second-order valence-corrected chi connectivity index (χ2v) is 10.6. The largest absolute Gasteiger partial charge is 0.356 e. The number of hydrogen-bond donors (Lipinski definition) is 1. The highest BCUT2D eigenvalue weighted by Gasteiger charge is 2.41. The van der Waals surface area contributed by atoms with Crippen molar-refractivity contribution >= 4 is 26.9 Å². The number of nitrogens with zero attached hydrogens (tertiary/aromatic N) is 4. The number of benzene rings is 1. The van der Waals surface area contributed by atoms with E-state index in [0.717, 1.165) is 42.7 Å². The van der Waals surface area contributed by atoms with Crippen LogP contribution in [-0.4, -0.2) is 48.5 Å². The minimum Gasteiger partial charge on any atom is -0.356 e. The Morgan fingerprint density at radius 1 is 1.13 bits per heavy atom. The summed E-state index contributed by atoms with van der Waals surface area (Å²) in [6.07, 6.45) is 7.81. The van der Waals surface area contributed by atoms with E-state index >= 15 is 0 Å². The summed E-state index contributed by atoms with van der Waals surface area (Å²) < 4.78 is 27.4. The molecule has 0 amide bonds. The Bertz CT molecular complexity index is 1140. The van der Waals surface area contributed by atoms with Gasteiger partial charge in [0.15, 0.2) is 5.65 Å². The minimum absolute atomic E-state index is 0.0639. The Hall–Kier alpha value is -2.45. The first-order valence-electron chi connectivity index (χ1n) is 10.5. The van der Waals surface area contributed by atoms with E-state index in [0.29, 0.717) is 17.1 Å². The third-order valence-electron chi connectivity index (χ3n) is 6.82. The summed E-state index contributed by atoms with van der Waals surface area (Å²) in [4.78, 5) is 11.1. The molecule has 3 aromatic rings. The topological polar surface area (TPSA) is 80.1 Å². The quantitative estimate of drug-likeness (QED) is 0.677. The molecule has 3 heterocycles. The summed E-state index contributed by atoms with van der Waals surface area (Å²) in [6, 6.07) is 11.5. The molecule has 1 spiro atoms. The summed E-state index contributed by atoms with van der Waals surface area (Å²) in [5.74, 6) is 0.743. The molecule has 1 aliphatic carbocycles. The molecule has 1 saturated heterocycles. The summed E-state index contributed by atoms with van der Waals surface area (Å²) >= 11 is 0. The predicted molar refractivity (Wildman–Crippen MR) is 118 cm³/mol. The van der Waals surface area contributed by atoms with Crippen LogP contribution in [0.5, 0.6) is 0 Å². The van der Waals surface area contributed by atoms with Crippen LogP contribution in [0, 0.1) is 5.41 Å². The van der Waals surface area contributed by atoms with Crippen LogP contribution in [-0.2, 0) is 15.8 Å². The van der Waals surface area contributed by atoms with E-state index in [-0.39, 0.29) is 5.75 Å². The summed E-state index contributed by atoms with van der Waals surface area (Å²) in [6.45, 7) is 2.28. The molecular formula is C22H27N5O2S. The Kier molecular flexibility index (Phi) is 4.78. The third-order valence-corrected chi connectivity index (χ3v) is 8.41. The molecule has 5 rings (SSSR count). The highest BCUT2D eigenvalue weighted by molar-refractivity contribution is 7.89. The zero-order valence-corrected chi connectivity index (χ0v) is 18.0. The second-order valence-electron chi connectivity index (χ2n) is 8.73. The molecular weight excluding hydrogens is 398 g/mol. The first kappa shape index (κ1) is 19.5. The van der Waals surface area contributed by atoms with Gasteiger partial charge in [-0.25, -0.2) is 22.4 Å². The lowest BCUT2D eigenvalue weighted by molar-refractivity contribution is 0.0975. The molecule has 8 heteroatoms. The van der Waals surface area contributed by atoms with Crippen LogP contribution in [0.2, 0.25) is 0 Å². The Balaban J connectivity index is 1.42. The fourth-order valence-corrected chi connectivity index (χ4v) is 6.29. The van der Waals surface area contributed by atoms with Gasteiger partial charge in [0.05, 0.1) is 11.1 Å². The summed E-state index contributed by atoms with van der Waals surface area (Å²) in [5, 5.41) is 4.19. The van der Waals surface area contributed by atoms with Gasteiger partial charge < -0.3 is 10.2 Å². The molecule has 0 atom stereocenters. The van der Waals surface area contributed by atoms with Crippen LogP contribution < -0.4 is 10.2 Å². The molecule has 30 heavy (non-hydrogen) atoms. The molecule has 0 unspecified atom stereocenters. The SMILES string of the molecule is CN(c1ncnc2c1ccn2S(=O)(=O)Cc1ccccc1)C1CCC2(CC1)CNC2. The summed E-state index contributed by atoms with van der Waals surface area (Å²) in [7, 11) is -1.51. The fourth-order valence-electron chi connectivity index (χ4n) is 4.88. The average molecular weight is 426 g/mol. The van der Waals surface area contributed by atoms with Crippen LogP contribution in [0.25, 0.3) is 11.0 Å². The first-order valence-corrected chi connectivity index (χ1v) is 12.1. The molecule has 2 fully saturated rings. The van der Waals surface area contributed by atoms with E-state index in [1.165, 1.54) is 23.1 Å². The van der Waals surface area contributed by atoms with Gasteiger partial charge in [-0.05, 0) is 42.7 Å². The van der Waals surface area contributed by atoms with Crippen LogP contribution in [0.15, 0.2) is 48.9 Å². The molecule has 1 N–H and O–H groups in total. The second kappa shape index (κ2) is 7.35. The predicted octanol–water partition coefficient (Wildman–Crippen LogP) is 2.78. The van der Waals surface area contributed by atoms with Crippen molar-refractivity contribution in [2.45, 2.75) is 37.5 Å². The zero-order chi connectivity index (χ0) is 20.8. The lowest BCUT2D eigenvalue weighted by Gasteiger charge is -2.49. The van der Waals surface area contributed by atoms with E-state index in [1.807, 2.05) is 36.4 Å². The van der Waals surface area contributed by atoms with Gasteiger partial charge in [0, 0.05) is 32.4 Å². The van der Waals surface area contributed by atoms with E-state index in [4.69, 9.17) is 0 Å². The number of fused-ring (bicyclic) bond motifs is 1. The number of aromatic nitrogens is 3. The fraction of sp³-hybridized carbons (Fsp3) is 0.455. The number of hydrogen-bond acceptors (Lipinski definition) is 6. The molecule has 1 aromatic carbocycles. The maximum atomic E-state index is 13.1. The Morgan fingerprint density at radius 3 is 2.53 bits per heavy atom. The lowest BCUT2D eigenvalue weighted by Crippen LogP contribution is -2.56. The van der Waals surface area contributed by atoms with Crippen molar-refractivity contribution in [1.82, 2.24) is 19.3 Å². The third kappa shape index (κ3) is 3.37. The Morgan fingerprint density at radius 2 is 1.87 bits per heavy atom. The van der Waals surface area contributed by atoms with Gasteiger partial charge in [-0.3, -0.25) is 0 Å². The van der Waals surface area contributed by atoms with Crippen molar-refractivity contribution in [3.05, 3.63) is 54.5 Å². The number of nitrogens with one attached hydrogen (secondary N) is 1. The molecule has 7 nitrogen and oxygen atoms in total. The van der Waals surface area contributed by atoms with Crippen molar-refractivity contribution < 1.29 is 8.42 Å². The molecule has 1 saturated carbocycles. The molecule has 0 bridgehead atoms. The van der Waals surface area contributed by atoms with Gasteiger partial charge >= 0.3 is 0 Å². The van der Waals surface area contributed by atoms with Crippen molar-refractivity contribution in [3.8, 4) is 0 Å². The van der Waals surface area contributed by atoms with Gasteiger partial charge in [-0.2, -0.15) is 0 Å². The van der Waals surface area contributed by atoms with Gasteiger partial charge in [0.2, 0.25) is 10.0 Å². The average Bonchev–Trinajstić information content (AvgIpc) is 3.18. The van der Waals surface area contributed by atoms with E-state index in [2.05, 4.69) is 27.2 Å². The van der Waals surface area contributed by atoms with Gasteiger partial charge in [0.25, 0.3) is 0 Å². The van der Waals surface area contributed by atoms with Gasteiger partial charge in [0.1, 0.15) is 12.1 Å². The lowest BCUT2D eigenvalue weighted by atomic mass is 9.68. The van der Waals surface area contributed by atoms with Crippen LogP contribution in [0.1, 0.15) is 31.2 Å². The van der Waals surface area contributed by atoms with Crippen molar-refractivity contribution in [1.29, 1.82) is 0 Å². The van der Waals surface area contributed by atoms with Crippen LogP contribution >= 0.6 is 0 Å². The zero-order valence-electron chi connectivity index (χ0n) is 17.2. The molecule has 2 aromatic heterocycles. The van der Waals surface area contributed by atoms with Crippen LogP contribution in [0.4, 0.5) is 5.82 Å². The molecule has 1 aliphatic heterocycles. The molecule has 158 valence electrons.